The molecule has 3 aromatic carbocycles. The van der Waals surface area contributed by atoms with E-state index >= 15 is 0 Å². The molecule has 6 heteroatoms. The summed E-state index contributed by atoms with van der Waals surface area (Å²) in [6.07, 6.45) is 1.12. The van der Waals surface area contributed by atoms with Crippen molar-refractivity contribution in [3.8, 4) is 5.75 Å². The van der Waals surface area contributed by atoms with E-state index in [4.69, 9.17) is 21.3 Å². The fourth-order valence-corrected chi connectivity index (χ4v) is 4.58. The molecule has 0 spiro atoms. The number of carbonyl (C=O) groups excluding carboxylic acids is 1. The standard InChI is InChI=1S/C30H34ClN3O2/c1-20(2)25-15-10-21(3)18-28(25)36-17-7-16-34-27-9-6-5-8-26(27)33-30(34)22(4)32-29(35)19-23-11-13-24(31)14-12-23/h5-6,8-15,18,20,22H,7,16-17,19H2,1-4H3,(H,32,35). The van der Waals surface area contributed by atoms with Crippen LogP contribution in [-0.2, 0) is 17.8 Å². The lowest BCUT2D eigenvalue weighted by Crippen LogP contribution is -2.30. The Bertz CT molecular complexity index is 1330. The van der Waals surface area contributed by atoms with Crippen molar-refractivity contribution in [2.24, 2.45) is 0 Å². The van der Waals surface area contributed by atoms with E-state index < -0.39 is 0 Å². The van der Waals surface area contributed by atoms with Crippen LogP contribution in [0.1, 0.15) is 61.7 Å². The van der Waals surface area contributed by atoms with Crippen LogP contribution in [0.3, 0.4) is 0 Å². The fourth-order valence-electron chi connectivity index (χ4n) is 4.45. The van der Waals surface area contributed by atoms with Crippen LogP contribution in [0.5, 0.6) is 5.75 Å². The Morgan fingerprint density at radius 1 is 1.06 bits per heavy atom. The zero-order valence-corrected chi connectivity index (χ0v) is 22.2. The third kappa shape index (κ3) is 6.27. The summed E-state index contributed by atoms with van der Waals surface area (Å²) in [6.45, 7) is 9.79. The Balaban J connectivity index is 1.44. The van der Waals surface area contributed by atoms with E-state index in [1.165, 1.54) is 11.1 Å². The Hall–Kier alpha value is -3.31. The van der Waals surface area contributed by atoms with Crippen LogP contribution in [0.15, 0.2) is 66.7 Å². The van der Waals surface area contributed by atoms with Crippen LogP contribution in [0.2, 0.25) is 5.02 Å². The Morgan fingerprint density at radius 3 is 2.56 bits per heavy atom. The van der Waals surface area contributed by atoms with Crippen molar-refractivity contribution in [1.29, 1.82) is 0 Å². The molecule has 0 saturated carbocycles. The molecule has 0 aliphatic carbocycles. The van der Waals surface area contributed by atoms with Gasteiger partial charge >= 0.3 is 0 Å². The minimum Gasteiger partial charge on any atom is -0.493 e. The number of imidazole rings is 1. The summed E-state index contributed by atoms with van der Waals surface area (Å²) < 4.78 is 8.42. The summed E-state index contributed by atoms with van der Waals surface area (Å²) in [5.41, 5.74) is 5.33. The molecule has 1 heterocycles. The lowest BCUT2D eigenvalue weighted by Gasteiger charge is -2.18. The van der Waals surface area contributed by atoms with Crippen LogP contribution >= 0.6 is 11.6 Å². The number of rotatable bonds is 10. The van der Waals surface area contributed by atoms with Crippen LogP contribution in [0.4, 0.5) is 0 Å². The molecule has 4 rings (SSSR count). The number of aryl methyl sites for hydroxylation is 2. The Morgan fingerprint density at radius 2 is 1.81 bits per heavy atom. The highest BCUT2D eigenvalue weighted by atomic mass is 35.5. The van der Waals surface area contributed by atoms with Gasteiger partial charge in [-0.15, -0.1) is 0 Å². The highest BCUT2D eigenvalue weighted by Crippen LogP contribution is 2.28. The van der Waals surface area contributed by atoms with Crippen molar-refractivity contribution in [1.82, 2.24) is 14.9 Å². The number of ether oxygens (including phenoxy) is 1. The molecule has 1 amide bonds. The second-order valence-electron chi connectivity index (χ2n) is 9.60. The lowest BCUT2D eigenvalue weighted by atomic mass is 10.0. The van der Waals surface area contributed by atoms with Crippen LogP contribution in [0, 0.1) is 6.92 Å². The summed E-state index contributed by atoms with van der Waals surface area (Å²) in [4.78, 5) is 17.6. The van der Waals surface area contributed by atoms with Gasteiger partial charge in [0.2, 0.25) is 5.91 Å². The zero-order chi connectivity index (χ0) is 25.7. The third-order valence-electron chi connectivity index (χ3n) is 6.30. The highest BCUT2D eigenvalue weighted by molar-refractivity contribution is 6.30. The molecule has 0 fully saturated rings. The van der Waals surface area contributed by atoms with Crippen molar-refractivity contribution in [2.45, 2.75) is 59.0 Å². The van der Waals surface area contributed by atoms with E-state index in [0.717, 1.165) is 41.1 Å². The van der Waals surface area contributed by atoms with Gasteiger partial charge in [0.05, 0.1) is 30.1 Å². The number of fused-ring (bicyclic) bond motifs is 1. The van der Waals surface area contributed by atoms with Crippen molar-refractivity contribution >= 4 is 28.5 Å². The van der Waals surface area contributed by atoms with Gasteiger partial charge in [-0.05, 0) is 73.2 Å². The molecule has 36 heavy (non-hydrogen) atoms. The molecular weight excluding hydrogens is 470 g/mol. The van der Waals surface area contributed by atoms with Crippen molar-refractivity contribution in [3.05, 3.63) is 94.3 Å². The molecular formula is C30H34ClN3O2. The number of hydrogen-bond donors (Lipinski definition) is 1. The smallest absolute Gasteiger partial charge is 0.224 e. The van der Waals surface area contributed by atoms with E-state index in [1.54, 1.807) is 12.1 Å². The molecule has 1 N–H and O–H groups in total. The number of para-hydroxylation sites is 2. The maximum atomic E-state index is 12.7. The maximum Gasteiger partial charge on any atom is 0.224 e. The van der Waals surface area contributed by atoms with E-state index in [9.17, 15) is 4.79 Å². The van der Waals surface area contributed by atoms with Crippen LogP contribution in [-0.4, -0.2) is 22.1 Å². The minimum atomic E-state index is -0.234. The largest absolute Gasteiger partial charge is 0.493 e. The normalized spacial score (nSPS) is 12.2. The minimum absolute atomic E-state index is 0.0487. The third-order valence-corrected chi connectivity index (χ3v) is 6.55. The van der Waals surface area contributed by atoms with Crippen molar-refractivity contribution in [2.75, 3.05) is 6.61 Å². The topological polar surface area (TPSA) is 56.1 Å². The summed E-state index contributed by atoms with van der Waals surface area (Å²) in [5, 5.41) is 3.78. The number of aromatic nitrogens is 2. The molecule has 0 radical (unpaired) electrons. The number of hydrogen-bond acceptors (Lipinski definition) is 3. The van der Waals surface area contributed by atoms with Gasteiger partial charge in [-0.1, -0.05) is 61.8 Å². The van der Waals surface area contributed by atoms with Gasteiger partial charge in [0, 0.05) is 11.6 Å². The van der Waals surface area contributed by atoms with Crippen LogP contribution < -0.4 is 10.1 Å². The van der Waals surface area contributed by atoms with Gasteiger partial charge in [-0.25, -0.2) is 4.98 Å². The maximum absolute atomic E-state index is 12.7. The Labute approximate surface area is 218 Å². The van der Waals surface area contributed by atoms with E-state index in [1.807, 2.05) is 37.3 Å². The van der Waals surface area contributed by atoms with Gasteiger partial charge in [0.15, 0.2) is 0 Å². The molecule has 1 atom stereocenters. The van der Waals surface area contributed by atoms with E-state index in [0.29, 0.717) is 24.0 Å². The summed E-state index contributed by atoms with van der Waals surface area (Å²) in [6, 6.07) is 21.6. The molecule has 5 nitrogen and oxygen atoms in total. The molecule has 1 aromatic heterocycles. The molecule has 188 valence electrons. The quantitative estimate of drug-likeness (QED) is 0.237. The van der Waals surface area contributed by atoms with Gasteiger partial charge in [-0.3, -0.25) is 4.79 Å². The van der Waals surface area contributed by atoms with Gasteiger partial charge in [0.1, 0.15) is 11.6 Å². The SMILES string of the molecule is Cc1ccc(C(C)C)c(OCCCn2c(C(C)NC(=O)Cc3ccc(Cl)cc3)nc3ccccc32)c1. The first-order valence-corrected chi connectivity index (χ1v) is 12.9. The second-order valence-corrected chi connectivity index (χ2v) is 10.0. The zero-order valence-electron chi connectivity index (χ0n) is 21.4. The summed E-state index contributed by atoms with van der Waals surface area (Å²) in [5.74, 6) is 2.16. The predicted molar refractivity (Wildman–Crippen MR) is 147 cm³/mol. The second kappa shape index (κ2) is 11.6. The molecule has 1 unspecified atom stereocenters. The highest BCUT2D eigenvalue weighted by Gasteiger charge is 2.19. The predicted octanol–water partition coefficient (Wildman–Crippen LogP) is 7.01. The van der Waals surface area contributed by atoms with Crippen molar-refractivity contribution in [3.63, 3.8) is 0 Å². The average Bonchev–Trinajstić information content (AvgIpc) is 3.22. The first-order valence-electron chi connectivity index (χ1n) is 12.5. The fraction of sp³-hybridized carbons (Fsp3) is 0.333. The van der Waals surface area contributed by atoms with Gasteiger partial charge < -0.3 is 14.6 Å². The molecule has 0 bridgehead atoms. The first kappa shape index (κ1) is 25.8. The monoisotopic (exact) mass is 503 g/mol. The number of halogens is 1. The first-order chi connectivity index (χ1) is 17.3. The number of nitrogens with one attached hydrogen (secondary N) is 1. The van der Waals surface area contributed by atoms with E-state index in [2.05, 4.69) is 54.9 Å². The number of carbonyl (C=O) groups is 1. The van der Waals surface area contributed by atoms with Gasteiger partial charge in [-0.2, -0.15) is 0 Å². The van der Waals surface area contributed by atoms with Gasteiger partial charge in [0.25, 0.3) is 0 Å². The Kier molecular flexibility index (Phi) is 8.32. The molecule has 4 aromatic rings. The van der Waals surface area contributed by atoms with Crippen LogP contribution in [0.25, 0.3) is 11.0 Å². The summed E-state index contributed by atoms with van der Waals surface area (Å²) >= 11 is 5.96. The van der Waals surface area contributed by atoms with E-state index in [-0.39, 0.29) is 11.9 Å². The molecule has 0 aliphatic heterocycles. The summed E-state index contributed by atoms with van der Waals surface area (Å²) in [7, 11) is 0. The lowest BCUT2D eigenvalue weighted by molar-refractivity contribution is -0.121. The molecule has 0 aliphatic rings. The van der Waals surface area contributed by atoms with Crippen molar-refractivity contribution < 1.29 is 9.53 Å². The average molecular weight is 504 g/mol. The number of benzene rings is 3. The molecule has 0 saturated heterocycles. The number of nitrogens with zero attached hydrogens (tertiary/aromatic N) is 2. The number of amides is 1.